The molecule has 0 saturated heterocycles. The number of rotatable bonds is 4. The normalized spacial score (nSPS) is 10.2. The summed E-state index contributed by atoms with van der Waals surface area (Å²) in [5, 5.41) is 2.69. The van der Waals surface area contributed by atoms with Gasteiger partial charge < -0.3 is 15.0 Å². The minimum Gasteiger partial charge on any atom is -0.465 e. The molecule has 2 N–H and O–H groups in total. The lowest BCUT2D eigenvalue weighted by Gasteiger charge is -2.03. The summed E-state index contributed by atoms with van der Waals surface area (Å²) in [6, 6.07) is 5.24. The van der Waals surface area contributed by atoms with Gasteiger partial charge in [-0.1, -0.05) is 13.0 Å². The van der Waals surface area contributed by atoms with Crippen LogP contribution in [0.25, 0.3) is 0 Å². The number of carbonyl (C=O) groups is 2. The first kappa shape index (κ1) is 14.8. The van der Waals surface area contributed by atoms with Gasteiger partial charge >= 0.3 is 5.97 Å². The highest BCUT2D eigenvalue weighted by Gasteiger charge is 2.23. The lowest BCUT2D eigenvalue weighted by atomic mass is 10.1. The number of methoxy groups -OCH3 is 1. The molecule has 0 bridgehead atoms. The van der Waals surface area contributed by atoms with Crippen molar-refractivity contribution in [3.63, 3.8) is 0 Å². The number of carbonyl (C=O) groups excluding carboxylic acids is 2. The molecule has 2 aromatic heterocycles. The van der Waals surface area contributed by atoms with Crippen LogP contribution in [0.5, 0.6) is 0 Å². The zero-order valence-corrected chi connectivity index (χ0v) is 12.2. The second-order valence-corrected chi connectivity index (χ2v) is 4.49. The SMILES string of the molecule is CCc1[nH]c(C(=O)Nc2ccccn2)c(C)c1C(=O)OC. The summed E-state index contributed by atoms with van der Waals surface area (Å²) in [6.07, 6.45) is 2.19. The zero-order chi connectivity index (χ0) is 15.4. The van der Waals surface area contributed by atoms with Crippen molar-refractivity contribution in [3.8, 4) is 0 Å². The van der Waals surface area contributed by atoms with Gasteiger partial charge in [0, 0.05) is 11.9 Å². The van der Waals surface area contributed by atoms with Gasteiger partial charge in [-0.3, -0.25) is 4.79 Å². The Labute approximate surface area is 122 Å². The Morgan fingerprint density at radius 2 is 2.14 bits per heavy atom. The van der Waals surface area contributed by atoms with Crippen molar-refractivity contribution < 1.29 is 14.3 Å². The Bertz CT molecular complexity index is 662. The van der Waals surface area contributed by atoms with Gasteiger partial charge in [0.05, 0.1) is 12.7 Å². The van der Waals surface area contributed by atoms with Crippen LogP contribution in [0.15, 0.2) is 24.4 Å². The number of ether oxygens (including phenoxy) is 1. The molecule has 0 radical (unpaired) electrons. The van der Waals surface area contributed by atoms with Gasteiger partial charge in [-0.05, 0) is 31.0 Å². The second-order valence-electron chi connectivity index (χ2n) is 4.49. The first-order valence-electron chi connectivity index (χ1n) is 6.60. The van der Waals surface area contributed by atoms with E-state index in [9.17, 15) is 9.59 Å². The number of aryl methyl sites for hydroxylation is 1. The maximum atomic E-state index is 12.3. The first-order chi connectivity index (χ1) is 10.1. The van der Waals surface area contributed by atoms with E-state index in [4.69, 9.17) is 4.74 Å². The van der Waals surface area contributed by atoms with E-state index in [0.717, 1.165) is 0 Å². The van der Waals surface area contributed by atoms with E-state index in [0.29, 0.717) is 34.8 Å². The summed E-state index contributed by atoms with van der Waals surface area (Å²) in [6.45, 7) is 3.62. The number of esters is 1. The number of nitrogens with zero attached hydrogens (tertiary/aromatic N) is 1. The third-order valence-corrected chi connectivity index (χ3v) is 3.20. The Morgan fingerprint density at radius 3 is 2.71 bits per heavy atom. The third-order valence-electron chi connectivity index (χ3n) is 3.20. The number of pyridine rings is 1. The zero-order valence-electron chi connectivity index (χ0n) is 12.2. The van der Waals surface area contributed by atoms with Gasteiger partial charge in [-0.2, -0.15) is 0 Å². The molecule has 0 saturated carbocycles. The molecule has 2 aromatic rings. The summed E-state index contributed by atoms with van der Waals surface area (Å²) in [4.78, 5) is 31.1. The number of H-pyrrole nitrogens is 1. The monoisotopic (exact) mass is 287 g/mol. The topological polar surface area (TPSA) is 84.1 Å². The molecule has 2 heterocycles. The van der Waals surface area contributed by atoms with Crippen LogP contribution in [0.3, 0.4) is 0 Å². The molecule has 0 spiro atoms. The smallest absolute Gasteiger partial charge is 0.339 e. The summed E-state index contributed by atoms with van der Waals surface area (Å²) in [7, 11) is 1.32. The van der Waals surface area contributed by atoms with Crippen LogP contribution in [-0.2, 0) is 11.2 Å². The number of aromatic amines is 1. The van der Waals surface area contributed by atoms with Crippen LogP contribution in [0.1, 0.15) is 39.0 Å². The van der Waals surface area contributed by atoms with E-state index in [1.807, 2.05) is 6.92 Å². The minimum atomic E-state index is -0.447. The van der Waals surface area contributed by atoms with Crippen molar-refractivity contribution in [2.24, 2.45) is 0 Å². The molecule has 0 aliphatic heterocycles. The maximum Gasteiger partial charge on any atom is 0.339 e. The lowest BCUT2D eigenvalue weighted by Crippen LogP contribution is -2.14. The highest BCUT2D eigenvalue weighted by Crippen LogP contribution is 2.21. The van der Waals surface area contributed by atoms with Crippen LogP contribution in [0.4, 0.5) is 5.82 Å². The van der Waals surface area contributed by atoms with Crippen molar-refractivity contribution in [1.82, 2.24) is 9.97 Å². The molecular weight excluding hydrogens is 270 g/mol. The van der Waals surface area contributed by atoms with Crippen LogP contribution in [-0.4, -0.2) is 29.0 Å². The molecular formula is C15H17N3O3. The number of amides is 1. The summed E-state index contributed by atoms with van der Waals surface area (Å²) in [5.41, 5.74) is 2.03. The van der Waals surface area contributed by atoms with Crippen molar-refractivity contribution in [2.75, 3.05) is 12.4 Å². The standard InChI is InChI=1S/C15H17N3O3/c1-4-10-12(15(20)21-3)9(2)13(17-10)14(19)18-11-7-5-6-8-16-11/h5-8,17H,4H2,1-3H3,(H,16,18,19). The Hall–Kier alpha value is -2.63. The fraction of sp³-hybridized carbons (Fsp3) is 0.267. The van der Waals surface area contributed by atoms with Crippen LogP contribution < -0.4 is 5.32 Å². The number of anilines is 1. The van der Waals surface area contributed by atoms with Gasteiger partial charge in [-0.15, -0.1) is 0 Å². The third kappa shape index (κ3) is 2.94. The van der Waals surface area contributed by atoms with E-state index in [1.54, 1.807) is 31.3 Å². The molecule has 0 aliphatic carbocycles. The van der Waals surface area contributed by atoms with Crippen LogP contribution >= 0.6 is 0 Å². The van der Waals surface area contributed by atoms with E-state index < -0.39 is 5.97 Å². The average molecular weight is 287 g/mol. The first-order valence-corrected chi connectivity index (χ1v) is 6.60. The Balaban J connectivity index is 2.34. The number of hydrogen-bond acceptors (Lipinski definition) is 4. The molecule has 0 atom stereocenters. The van der Waals surface area contributed by atoms with Crippen molar-refractivity contribution >= 4 is 17.7 Å². The fourth-order valence-corrected chi connectivity index (χ4v) is 2.14. The fourth-order valence-electron chi connectivity index (χ4n) is 2.14. The lowest BCUT2D eigenvalue weighted by molar-refractivity contribution is 0.0599. The Morgan fingerprint density at radius 1 is 1.38 bits per heavy atom. The molecule has 0 fully saturated rings. The predicted octanol–water partition coefficient (Wildman–Crippen LogP) is 2.32. The van der Waals surface area contributed by atoms with E-state index in [1.165, 1.54) is 7.11 Å². The van der Waals surface area contributed by atoms with Crippen LogP contribution in [0.2, 0.25) is 0 Å². The molecule has 110 valence electrons. The molecule has 0 aromatic carbocycles. The summed E-state index contributed by atoms with van der Waals surface area (Å²) < 4.78 is 4.77. The van der Waals surface area contributed by atoms with Gasteiger partial charge in [0.25, 0.3) is 5.91 Å². The van der Waals surface area contributed by atoms with Gasteiger partial charge in [0.1, 0.15) is 11.5 Å². The minimum absolute atomic E-state index is 0.337. The molecule has 6 nitrogen and oxygen atoms in total. The predicted molar refractivity (Wildman–Crippen MR) is 78.4 cm³/mol. The van der Waals surface area contributed by atoms with E-state index in [2.05, 4.69) is 15.3 Å². The summed E-state index contributed by atoms with van der Waals surface area (Å²) >= 11 is 0. The number of aromatic nitrogens is 2. The van der Waals surface area contributed by atoms with E-state index in [-0.39, 0.29) is 5.91 Å². The maximum absolute atomic E-state index is 12.3. The van der Waals surface area contributed by atoms with Crippen molar-refractivity contribution in [2.45, 2.75) is 20.3 Å². The molecule has 0 unspecified atom stereocenters. The largest absolute Gasteiger partial charge is 0.465 e. The highest BCUT2D eigenvalue weighted by molar-refractivity contribution is 6.06. The summed E-state index contributed by atoms with van der Waals surface area (Å²) in [5.74, 6) is -0.331. The number of nitrogens with one attached hydrogen (secondary N) is 2. The van der Waals surface area contributed by atoms with Gasteiger partial charge in [-0.25, -0.2) is 9.78 Å². The molecule has 0 aliphatic rings. The molecule has 1 amide bonds. The highest BCUT2D eigenvalue weighted by atomic mass is 16.5. The quantitative estimate of drug-likeness (QED) is 0.845. The Kier molecular flexibility index (Phi) is 4.37. The van der Waals surface area contributed by atoms with Gasteiger partial charge in [0.2, 0.25) is 0 Å². The molecule has 21 heavy (non-hydrogen) atoms. The van der Waals surface area contributed by atoms with E-state index >= 15 is 0 Å². The molecule has 2 rings (SSSR count). The van der Waals surface area contributed by atoms with Crippen LogP contribution in [0, 0.1) is 6.92 Å². The second kappa shape index (κ2) is 6.21. The number of hydrogen-bond donors (Lipinski definition) is 2. The molecule has 6 heteroatoms. The van der Waals surface area contributed by atoms with Crippen molar-refractivity contribution in [1.29, 1.82) is 0 Å². The van der Waals surface area contributed by atoms with Gasteiger partial charge in [0.15, 0.2) is 0 Å². The average Bonchev–Trinajstić information content (AvgIpc) is 2.84. The van der Waals surface area contributed by atoms with Crippen molar-refractivity contribution in [3.05, 3.63) is 46.9 Å².